The van der Waals surface area contributed by atoms with Crippen molar-refractivity contribution in [2.24, 2.45) is 12.0 Å². The highest BCUT2D eigenvalue weighted by Gasteiger charge is 2.21. The summed E-state index contributed by atoms with van der Waals surface area (Å²) < 4.78 is 1.85. The summed E-state index contributed by atoms with van der Waals surface area (Å²) in [5.41, 5.74) is 2.41. The van der Waals surface area contributed by atoms with Gasteiger partial charge in [0, 0.05) is 45.5 Å². The fourth-order valence-electron chi connectivity index (χ4n) is 3.55. The van der Waals surface area contributed by atoms with Crippen LogP contribution in [0.15, 0.2) is 41.7 Å². The minimum atomic E-state index is 0. The summed E-state index contributed by atoms with van der Waals surface area (Å²) in [4.78, 5) is 7.14. The summed E-state index contributed by atoms with van der Waals surface area (Å²) in [5.74, 6) is 1.21. The second kappa shape index (κ2) is 11.9. The maximum Gasteiger partial charge on any atom is 0.191 e. The maximum atomic E-state index is 9.36. The second-order valence-electron chi connectivity index (χ2n) is 7.33. The van der Waals surface area contributed by atoms with Gasteiger partial charge in [-0.25, -0.2) is 0 Å². The van der Waals surface area contributed by atoms with E-state index < -0.39 is 0 Å². The Hall–Kier alpha value is -1.97. The molecule has 1 aliphatic heterocycles. The Bertz CT molecular complexity index is 761. The molecule has 0 spiro atoms. The van der Waals surface area contributed by atoms with Gasteiger partial charge in [0.2, 0.25) is 0 Å². The molecule has 3 N–H and O–H groups in total. The Kier molecular flexibility index (Phi) is 9.56. The Morgan fingerprint density at radius 1 is 1.31 bits per heavy atom. The van der Waals surface area contributed by atoms with E-state index in [4.69, 9.17) is 4.99 Å². The van der Waals surface area contributed by atoms with Crippen LogP contribution < -0.4 is 15.5 Å². The molecule has 1 atom stereocenters. The highest BCUT2D eigenvalue weighted by molar-refractivity contribution is 14.0. The van der Waals surface area contributed by atoms with Crippen LogP contribution >= 0.6 is 24.0 Å². The van der Waals surface area contributed by atoms with Gasteiger partial charge in [0.05, 0.1) is 11.9 Å². The second-order valence-corrected chi connectivity index (χ2v) is 7.33. The highest BCUT2D eigenvalue weighted by atomic mass is 127. The zero-order chi connectivity index (χ0) is 19.8. The van der Waals surface area contributed by atoms with E-state index in [1.807, 2.05) is 30.1 Å². The molecule has 0 aliphatic carbocycles. The van der Waals surface area contributed by atoms with Gasteiger partial charge in [0.25, 0.3) is 0 Å². The number of phenols is 1. The molecular formula is C21H33IN6O. The van der Waals surface area contributed by atoms with Crippen LogP contribution in [-0.4, -0.2) is 53.1 Å². The lowest BCUT2D eigenvalue weighted by atomic mass is 10.1. The molecular weight excluding hydrogens is 479 g/mol. The fourth-order valence-corrected chi connectivity index (χ4v) is 3.55. The number of aromatic nitrogens is 2. The smallest absolute Gasteiger partial charge is 0.191 e. The SMILES string of the molecule is CCNC(=NCCCc1ccc(O)cc1)NC1CCCN(c2cnn(C)c2)C1.I. The van der Waals surface area contributed by atoms with Crippen LogP contribution in [0.25, 0.3) is 0 Å². The van der Waals surface area contributed by atoms with Crippen molar-refractivity contribution in [3.05, 3.63) is 42.2 Å². The lowest BCUT2D eigenvalue weighted by molar-refractivity contribution is 0.468. The molecule has 29 heavy (non-hydrogen) atoms. The number of benzene rings is 1. The molecule has 0 amide bonds. The molecule has 1 fully saturated rings. The summed E-state index contributed by atoms with van der Waals surface area (Å²) >= 11 is 0. The standard InChI is InChI=1S/C21H32N6O.HI/c1-3-22-21(23-12-4-6-17-8-10-20(28)11-9-17)25-18-7-5-13-27(15-18)19-14-24-26(2)16-19;/h8-11,14,16,18,28H,3-7,12-13,15H2,1-2H3,(H2,22,23,25);1H. The first-order chi connectivity index (χ1) is 13.6. The molecule has 1 unspecified atom stereocenters. The number of aliphatic imine (C=N–C) groups is 1. The van der Waals surface area contributed by atoms with Crippen LogP contribution in [0.5, 0.6) is 5.75 Å². The predicted molar refractivity (Wildman–Crippen MR) is 129 cm³/mol. The van der Waals surface area contributed by atoms with Crippen LogP contribution in [0.1, 0.15) is 31.7 Å². The number of nitrogens with zero attached hydrogens (tertiary/aromatic N) is 4. The molecule has 0 saturated carbocycles. The van der Waals surface area contributed by atoms with E-state index in [-0.39, 0.29) is 24.0 Å². The zero-order valence-corrected chi connectivity index (χ0v) is 19.7. The van der Waals surface area contributed by atoms with Crippen LogP contribution in [0.2, 0.25) is 0 Å². The van der Waals surface area contributed by atoms with Gasteiger partial charge in [-0.15, -0.1) is 24.0 Å². The largest absolute Gasteiger partial charge is 0.508 e. The molecule has 1 aromatic heterocycles. The molecule has 0 bridgehead atoms. The molecule has 0 radical (unpaired) electrons. The summed E-state index contributed by atoms with van der Waals surface area (Å²) in [7, 11) is 1.96. The number of hydrogen-bond acceptors (Lipinski definition) is 4. The minimum absolute atomic E-state index is 0. The number of nitrogens with one attached hydrogen (secondary N) is 2. The summed E-state index contributed by atoms with van der Waals surface area (Å²) in [5, 5.41) is 20.6. The van der Waals surface area contributed by atoms with E-state index in [0.717, 1.165) is 57.8 Å². The Labute approximate surface area is 190 Å². The van der Waals surface area contributed by atoms with Gasteiger partial charge in [-0.05, 0) is 50.3 Å². The Morgan fingerprint density at radius 3 is 2.79 bits per heavy atom. The first-order valence-corrected chi connectivity index (χ1v) is 10.2. The topological polar surface area (TPSA) is 77.7 Å². The molecule has 160 valence electrons. The third-order valence-corrected chi connectivity index (χ3v) is 4.99. The zero-order valence-electron chi connectivity index (χ0n) is 17.3. The molecule has 2 aromatic rings. The van der Waals surface area contributed by atoms with Gasteiger partial charge in [-0.1, -0.05) is 12.1 Å². The average Bonchev–Trinajstić information content (AvgIpc) is 3.13. The molecule has 1 aliphatic rings. The van der Waals surface area contributed by atoms with E-state index >= 15 is 0 Å². The first kappa shape index (κ1) is 23.3. The third-order valence-electron chi connectivity index (χ3n) is 4.99. The number of guanidine groups is 1. The summed E-state index contributed by atoms with van der Waals surface area (Å²) in [6.45, 7) is 5.75. The van der Waals surface area contributed by atoms with E-state index in [1.54, 1.807) is 12.1 Å². The fraction of sp³-hybridized carbons (Fsp3) is 0.524. The van der Waals surface area contributed by atoms with Gasteiger partial charge in [-0.3, -0.25) is 9.67 Å². The third kappa shape index (κ3) is 7.41. The van der Waals surface area contributed by atoms with Crippen molar-refractivity contribution >= 4 is 35.6 Å². The maximum absolute atomic E-state index is 9.36. The number of rotatable bonds is 7. The molecule has 1 aromatic carbocycles. The molecule has 2 heterocycles. The van der Waals surface area contributed by atoms with Crippen molar-refractivity contribution in [2.45, 2.75) is 38.6 Å². The normalized spacial score (nSPS) is 17.0. The molecule has 3 rings (SSSR count). The number of halogens is 1. The van der Waals surface area contributed by atoms with Crippen molar-refractivity contribution in [1.29, 1.82) is 0 Å². The quantitative estimate of drug-likeness (QED) is 0.230. The van der Waals surface area contributed by atoms with Gasteiger partial charge in [0.1, 0.15) is 5.75 Å². The van der Waals surface area contributed by atoms with Gasteiger partial charge in [-0.2, -0.15) is 5.10 Å². The summed E-state index contributed by atoms with van der Waals surface area (Å²) in [6.07, 6.45) is 8.26. The minimum Gasteiger partial charge on any atom is -0.508 e. The predicted octanol–water partition coefficient (Wildman–Crippen LogP) is 2.90. The molecule has 1 saturated heterocycles. The lowest BCUT2D eigenvalue weighted by Crippen LogP contribution is -2.51. The average molecular weight is 512 g/mol. The van der Waals surface area contributed by atoms with Crippen LogP contribution in [-0.2, 0) is 13.5 Å². The highest BCUT2D eigenvalue weighted by Crippen LogP contribution is 2.19. The van der Waals surface area contributed by atoms with Gasteiger partial charge >= 0.3 is 0 Å². The van der Waals surface area contributed by atoms with E-state index in [1.165, 1.54) is 11.3 Å². The number of piperidine rings is 1. The van der Waals surface area contributed by atoms with Crippen LogP contribution in [0.3, 0.4) is 0 Å². The van der Waals surface area contributed by atoms with Crippen molar-refractivity contribution in [3.8, 4) is 5.75 Å². The summed E-state index contributed by atoms with van der Waals surface area (Å²) in [6, 6.07) is 7.79. The van der Waals surface area contributed by atoms with Crippen LogP contribution in [0.4, 0.5) is 5.69 Å². The number of hydrogen-bond donors (Lipinski definition) is 3. The first-order valence-electron chi connectivity index (χ1n) is 10.2. The van der Waals surface area contributed by atoms with Crippen molar-refractivity contribution in [3.63, 3.8) is 0 Å². The number of aryl methyl sites for hydroxylation is 2. The van der Waals surface area contributed by atoms with Gasteiger partial charge < -0.3 is 20.6 Å². The number of anilines is 1. The monoisotopic (exact) mass is 512 g/mol. The Balaban J connectivity index is 0.00000300. The number of phenolic OH excluding ortho intramolecular Hbond substituents is 1. The van der Waals surface area contributed by atoms with Crippen LogP contribution in [0, 0.1) is 0 Å². The van der Waals surface area contributed by atoms with E-state index in [2.05, 4.69) is 33.8 Å². The van der Waals surface area contributed by atoms with E-state index in [0.29, 0.717) is 11.8 Å². The Morgan fingerprint density at radius 2 is 2.10 bits per heavy atom. The van der Waals surface area contributed by atoms with Crippen molar-refractivity contribution in [1.82, 2.24) is 20.4 Å². The number of aromatic hydroxyl groups is 1. The van der Waals surface area contributed by atoms with Crippen molar-refractivity contribution in [2.75, 3.05) is 31.1 Å². The van der Waals surface area contributed by atoms with E-state index in [9.17, 15) is 5.11 Å². The molecule has 8 heteroatoms. The molecule has 7 nitrogen and oxygen atoms in total. The van der Waals surface area contributed by atoms with Gasteiger partial charge in [0.15, 0.2) is 5.96 Å². The lowest BCUT2D eigenvalue weighted by Gasteiger charge is -2.34. The van der Waals surface area contributed by atoms with Crippen molar-refractivity contribution < 1.29 is 5.11 Å².